The Morgan fingerprint density at radius 2 is 2.33 bits per heavy atom. The van der Waals surface area contributed by atoms with Crippen molar-refractivity contribution >= 4 is 26.4 Å². The van der Waals surface area contributed by atoms with Crippen LogP contribution in [0.2, 0.25) is 0 Å². The summed E-state index contributed by atoms with van der Waals surface area (Å²) >= 11 is 0. The van der Waals surface area contributed by atoms with Crippen molar-refractivity contribution in [2.24, 2.45) is 0 Å². The Kier molecular flexibility index (Phi) is 1.66. The van der Waals surface area contributed by atoms with Gasteiger partial charge in [-0.2, -0.15) is 0 Å². The second-order valence-corrected chi connectivity index (χ2v) is 3.18. The van der Waals surface area contributed by atoms with Crippen molar-refractivity contribution in [3.05, 3.63) is 30.2 Å². The predicted octanol–water partition coefficient (Wildman–Crippen LogP) is 0.832. The molecule has 0 spiro atoms. The molecule has 0 radical (unpaired) electrons. The summed E-state index contributed by atoms with van der Waals surface area (Å²) in [5, 5.41) is 8.21. The minimum Gasteiger partial charge on any atom is -0.307 e. The van der Waals surface area contributed by atoms with E-state index in [9.17, 15) is 0 Å². The Morgan fingerprint density at radius 1 is 1.50 bits per heavy atom. The van der Waals surface area contributed by atoms with Crippen LogP contribution in [-0.2, 0) is 0 Å². The third-order valence-corrected chi connectivity index (χ3v) is 2.05. The molecule has 1 atom stereocenters. The SMILES string of the molecule is N=Cc1cnc2ccc(P)cn12. The average molecular weight is 177 g/mol. The summed E-state index contributed by atoms with van der Waals surface area (Å²) in [5.74, 6) is 0. The van der Waals surface area contributed by atoms with Gasteiger partial charge < -0.3 is 5.41 Å². The van der Waals surface area contributed by atoms with E-state index in [1.54, 1.807) is 6.20 Å². The van der Waals surface area contributed by atoms with Crippen LogP contribution in [-0.4, -0.2) is 15.6 Å². The molecule has 2 heterocycles. The van der Waals surface area contributed by atoms with Crippen molar-refractivity contribution in [3.63, 3.8) is 0 Å². The number of hydrogen-bond donors (Lipinski definition) is 1. The molecule has 0 fully saturated rings. The molecule has 2 aromatic rings. The van der Waals surface area contributed by atoms with Crippen molar-refractivity contribution in [2.75, 3.05) is 0 Å². The summed E-state index contributed by atoms with van der Waals surface area (Å²) in [6.07, 6.45) is 4.92. The normalized spacial score (nSPS) is 10.4. The van der Waals surface area contributed by atoms with Crippen LogP contribution < -0.4 is 5.30 Å². The first-order valence-corrected chi connectivity index (χ1v) is 4.12. The van der Waals surface area contributed by atoms with Gasteiger partial charge in [0.1, 0.15) is 5.65 Å². The number of pyridine rings is 1. The van der Waals surface area contributed by atoms with Gasteiger partial charge in [-0.1, -0.05) is 0 Å². The quantitative estimate of drug-likeness (QED) is 0.508. The van der Waals surface area contributed by atoms with Gasteiger partial charge in [0.25, 0.3) is 0 Å². The first-order chi connectivity index (χ1) is 5.81. The summed E-state index contributed by atoms with van der Waals surface area (Å²) in [5.41, 5.74) is 1.68. The molecule has 0 aliphatic heterocycles. The smallest absolute Gasteiger partial charge is 0.137 e. The van der Waals surface area contributed by atoms with Gasteiger partial charge in [0.05, 0.1) is 11.9 Å². The Labute approximate surface area is 72.1 Å². The number of imidazole rings is 1. The Hall–Kier alpha value is -1.21. The van der Waals surface area contributed by atoms with Crippen LogP contribution in [0, 0.1) is 5.41 Å². The van der Waals surface area contributed by atoms with Crippen LogP contribution in [0.5, 0.6) is 0 Å². The van der Waals surface area contributed by atoms with E-state index in [0.717, 1.165) is 16.6 Å². The van der Waals surface area contributed by atoms with Gasteiger partial charge in [-0.3, -0.25) is 4.40 Å². The molecule has 4 heteroatoms. The van der Waals surface area contributed by atoms with E-state index >= 15 is 0 Å². The lowest BCUT2D eigenvalue weighted by atomic mass is 10.4. The zero-order valence-corrected chi connectivity index (χ0v) is 7.51. The average Bonchev–Trinajstić information content (AvgIpc) is 2.46. The summed E-state index contributed by atoms with van der Waals surface area (Å²) in [4.78, 5) is 4.13. The lowest BCUT2D eigenvalue weighted by molar-refractivity contribution is 1.18. The third-order valence-electron chi connectivity index (χ3n) is 1.70. The van der Waals surface area contributed by atoms with Crippen molar-refractivity contribution in [2.45, 2.75) is 0 Å². The first kappa shape index (κ1) is 7.44. The van der Waals surface area contributed by atoms with E-state index in [0.29, 0.717) is 0 Å². The third kappa shape index (κ3) is 1.03. The summed E-state index contributed by atoms with van der Waals surface area (Å²) in [7, 11) is 2.61. The number of nitrogens with zero attached hydrogens (tertiary/aromatic N) is 2. The lowest BCUT2D eigenvalue weighted by Gasteiger charge is -1.96. The minimum atomic E-state index is 0.800. The zero-order valence-electron chi connectivity index (χ0n) is 6.36. The number of aromatic nitrogens is 2. The number of rotatable bonds is 1. The van der Waals surface area contributed by atoms with Crippen LogP contribution >= 0.6 is 9.24 Å². The highest BCUT2D eigenvalue weighted by molar-refractivity contribution is 7.27. The molecule has 0 aliphatic rings. The van der Waals surface area contributed by atoms with E-state index in [2.05, 4.69) is 14.2 Å². The molecule has 3 nitrogen and oxygen atoms in total. The van der Waals surface area contributed by atoms with Gasteiger partial charge in [0, 0.05) is 12.4 Å². The van der Waals surface area contributed by atoms with Gasteiger partial charge in [-0.15, -0.1) is 9.24 Å². The fourth-order valence-corrected chi connectivity index (χ4v) is 1.37. The van der Waals surface area contributed by atoms with Gasteiger partial charge in [0.15, 0.2) is 0 Å². The van der Waals surface area contributed by atoms with Crippen molar-refractivity contribution < 1.29 is 0 Å². The Bertz CT molecular complexity index is 433. The molecule has 12 heavy (non-hydrogen) atoms. The van der Waals surface area contributed by atoms with E-state index < -0.39 is 0 Å². The molecule has 1 unspecified atom stereocenters. The maximum absolute atomic E-state index is 7.12. The number of nitrogens with one attached hydrogen (secondary N) is 1. The second-order valence-electron chi connectivity index (χ2n) is 2.52. The number of fused-ring (bicyclic) bond motifs is 1. The van der Waals surface area contributed by atoms with Crippen LogP contribution in [0.15, 0.2) is 24.5 Å². The van der Waals surface area contributed by atoms with Crippen LogP contribution in [0.4, 0.5) is 0 Å². The molecule has 2 aromatic heterocycles. The van der Waals surface area contributed by atoms with Crippen LogP contribution in [0.25, 0.3) is 5.65 Å². The van der Waals surface area contributed by atoms with Crippen molar-refractivity contribution in [1.82, 2.24) is 9.38 Å². The standard InChI is InChI=1S/C8H8N3P/c9-3-6-4-10-8-2-1-7(12)5-11(6)8/h1-5,9H,12H2. The fraction of sp³-hybridized carbons (Fsp3) is 0. The largest absolute Gasteiger partial charge is 0.307 e. The molecule has 60 valence electrons. The molecule has 0 saturated carbocycles. The molecule has 0 amide bonds. The first-order valence-electron chi connectivity index (χ1n) is 3.54. The molecular weight excluding hydrogens is 169 g/mol. The molecule has 0 aliphatic carbocycles. The minimum absolute atomic E-state index is 0.800. The van der Waals surface area contributed by atoms with E-state index in [1.165, 1.54) is 6.21 Å². The summed E-state index contributed by atoms with van der Waals surface area (Å²) in [6.45, 7) is 0. The van der Waals surface area contributed by atoms with Gasteiger partial charge >= 0.3 is 0 Å². The van der Waals surface area contributed by atoms with Crippen LogP contribution in [0.3, 0.4) is 0 Å². The maximum atomic E-state index is 7.12. The highest BCUT2D eigenvalue weighted by Crippen LogP contribution is 2.03. The predicted molar refractivity (Wildman–Crippen MR) is 52.4 cm³/mol. The molecular formula is C8H8N3P. The topological polar surface area (TPSA) is 41.2 Å². The summed E-state index contributed by atoms with van der Waals surface area (Å²) < 4.78 is 1.88. The van der Waals surface area contributed by atoms with Gasteiger partial charge in [-0.25, -0.2) is 4.98 Å². The molecule has 2 rings (SSSR count). The second kappa shape index (κ2) is 2.68. The maximum Gasteiger partial charge on any atom is 0.137 e. The van der Waals surface area contributed by atoms with Gasteiger partial charge in [-0.05, 0) is 17.4 Å². The van der Waals surface area contributed by atoms with Crippen molar-refractivity contribution in [3.8, 4) is 0 Å². The van der Waals surface area contributed by atoms with Crippen molar-refractivity contribution in [1.29, 1.82) is 5.41 Å². The summed E-state index contributed by atoms with van der Waals surface area (Å²) in [6, 6.07) is 3.90. The monoisotopic (exact) mass is 177 g/mol. The molecule has 1 N–H and O–H groups in total. The highest BCUT2D eigenvalue weighted by Gasteiger charge is 1.98. The molecule has 0 bridgehead atoms. The molecule has 0 saturated heterocycles. The van der Waals surface area contributed by atoms with Gasteiger partial charge in [0.2, 0.25) is 0 Å². The highest BCUT2D eigenvalue weighted by atomic mass is 31.0. The zero-order chi connectivity index (χ0) is 8.55. The molecule has 0 aromatic carbocycles. The fourth-order valence-electron chi connectivity index (χ4n) is 1.12. The van der Waals surface area contributed by atoms with E-state index in [-0.39, 0.29) is 0 Å². The number of hydrogen-bond acceptors (Lipinski definition) is 2. The van der Waals surface area contributed by atoms with Crippen LogP contribution in [0.1, 0.15) is 5.69 Å². The Balaban J connectivity index is 2.83. The van der Waals surface area contributed by atoms with E-state index in [1.807, 2.05) is 22.7 Å². The van der Waals surface area contributed by atoms with E-state index in [4.69, 9.17) is 5.41 Å². The lowest BCUT2D eigenvalue weighted by Crippen LogP contribution is -1.97. The Morgan fingerprint density at radius 3 is 3.08 bits per heavy atom.